The molecule has 0 saturated heterocycles. The van der Waals surface area contributed by atoms with Gasteiger partial charge in [0.25, 0.3) is 5.91 Å². The number of nitrogens with one attached hydrogen (secondary N) is 1. The highest BCUT2D eigenvalue weighted by Gasteiger charge is 2.13. The summed E-state index contributed by atoms with van der Waals surface area (Å²) < 4.78 is 3.32. The molecule has 30 heavy (non-hydrogen) atoms. The van der Waals surface area contributed by atoms with E-state index >= 15 is 0 Å². The number of nitrogens with zero attached hydrogens (tertiary/aromatic N) is 2. The van der Waals surface area contributed by atoms with Gasteiger partial charge in [0.2, 0.25) is 0 Å². The van der Waals surface area contributed by atoms with E-state index in [2.05, 4.69) is 62.8 Å². The van der Waals surface area contributed by atoms with E-state index in [1.165, 1.54) is 0 Å². The molecule has 0 radical (unpaired) electrons. The van der Waals surface area contributed by atoms with Crippen LogP contribution < -0.4 is 5.43 Å². The number of carbonyl (C=O) groups is 1. The van der Waals surface area contributed by atoms with E-state index < -0.39 is 0 Å². The van der Waals surface area contributed by atoms with Crippen molar-refractivity contribution in [1.82, 2.24) is 9.99 Å². The maximum atomic E-state index is 12.3. The van der Waals surface area contributed by atoms with Crippen LogP contribution in [0.4, 0.5) is 0 Å². The van der Waals surface area contributed by atoms with Crippen molar-refractivity contribution in [3.05, 3.63) is 104 Å². The highest BCUT2D eigenvalue weighted by Crippen LogP contribution is 2.26. The van der Waals surface area contributed by atoms with Crippen molar-refractivity contribution in [2.75, 3.05) is 0 Å². The molecule has 4 aromatic rings. The first kappa shape index (κ1) is 20.6. The number of rotatable bonds is 5. The molecule has 0 aliphatic carbocycles. The van der Waals surface area contributed by atoms with Gasteiger partial charge in [-0.2, -0.15) is 5.10 Å². The molecule has 150 valence electrons. The van der Waals surface area contributed by atoms with Gasteiger partial charge in [-0.15, -0.1) is 0 Å². The third-order valence-corrected chi connectivity index (χ3v) is 5.93. The fraction of sp³-hybridized carbons (Fsp3) is 0.0833. The largest absolute Gasteiger partial charge is 0.340 e. The monoisotopic (exact) mass is 527 g/mol. The molecule has 3 aromatic carbocycles. The number of carbonyl (C=O) groups excluding carboxylic acids is 1. The van der Waals surface area contributed by atoms with Gasteiger partial charge in [0.15, 0.2) is 0 Å². The summed E-state index contributed by atoms with van der Waals surface area (Å²) in [6.45, 7) is 2.77. The molecule has 0 aliphatic heterocycles. The van der Waals surface area contributed by atoms with E-state index in [1.54, 1.807) is 18.3 Å². The molecule has 0 fully saturated rings. The molecular formula is C24H19ClIN3O. The number of aromatic nitrogens is 1. The van der Waals surface area contributed by atoms with Crippen molar-refractivity contribution >= 4 is 57.2 Å². The van der Waals surface area contributed by atoms with Gasteiger partial charge in [-0.05, 0) is 77.5 Å². The highest BCUT2D eigenvalue weighted by molar-refractivity contribution is 14.1. The minimum absolute atomic E-state index is 0.233. The average molecular weight is 528 g/mol. The molecule has 0 bridgehead atoms. The van der Waals surface area contributed by atoms with E-state index in [4.69, 9.17) is 11.6 Å². The minimum Gasteiger partial charge on any atom is -0.340 e. The van der Waals surface area contributed by atoms with Crippen LogP contribution in [0.1, 0.15) is 27.2 Å². The SMILES string of the molecule is Cc1c(/C=N\NC(=O)c2ccc(I)cc2)c2ccccc2n1Cc1cccc(Cl)c1. The fourth-order valence-electron chi connectivity index (χ4n) is 3.46. The second-order valence-electron chi connectivity index (χ2n) is 6.94. The summed E-state index contributed by atoms with van der Waals surface area (Å²) in [7, 11) is 0. The first-order valence-electron chi connectivity index (χ1n) is 9.44. The lowest BCUT2D eigenvalue weighted by atomic mass is 10.1. The molecule has 0 spiro atoms. The summed E-state index contributed by atoms with van der Waals surface area (Å²) in [5.74, 6) is -0.233. The molecule has 1 amide bonds. The van der Waals surface area contributed by atoms with Gasteiger partial charge in [-0.3, -0.25) is 4.79 Å². The quantitative estimate of drug-likeness (QED) is 0.193. The summed E-state index contributed by atoms with van der Waals surface area (Å²) in [6.07, 6.45) is 1.72. The van der Waals surface area contributed by atoms with Gasteiger partial charge in [-0.1, -0.05) is 41.9 Å². The molecule has 0 aliphatic rings. The molecular weight excluding hydrogens is 509 g/mol. The first-order valence-corrected chi connectivity index (χ1v) is 10.9. The Morgan fingerprint density at radius 3 is 2.63 bits per heavy atom. The van der Waals surface area contributed by atoms with Crippen molar-refractivity contribution in [2.24, 2.45) is 5.10 Å². The predicted molar refractivity (Wildman–Crippen MR) is 131 cm³/mol. The van der Waals surface area contributed by atoms with E-state index in [0.717, 1.165) is 36.3 Å². The number of benzene rings is 3. The molecule has 1 heterocycles. The Morgan fingerprint density at radius 1 is 1.10 bits per heavy atom. The topological polar surface area (TPSA) is 46.4 Å². The number of hydrogen-bond donors (Lipinski definition) is 1. The summed E-state index contributed by atoms with van der Waals surface area (Å²) >= 11 is 8.37. The minimum atomic E-state index is -0.233. The smallest absolute Gasteiger partial charge is 0.271 e. The Hall–Kier alpha value is -2.64. The molecule has 1 N–H and O–H groups in total. The normalized spacial score (nSPS) is 11.3. The number of amides is 1. The molecule has 4 nitrogen and oxygen atoms in total. The standard InChI is InChI=1S/C24H19ClIN3O/c1-16-22(14-27-28-24(30)18-9-11-20(26)12-10-18)21-7-2-3-8-23(21)29(16)15-17-5-4-6-19(25)13-17/h2-14H,15H2,1H3,(H,28,30)/b27-14-. The highest BCUT2D eigenvalue weighted by atomic mass is 127. The second-order valence-corrected chi connectivity index (χ2v) is 8.62. The fourth-order valence-corrected chi connectivity index (χ4v) is 4.04. The zero-order valence-corrected chi connectivity index (χ0v) is 19.2. The van der Waals surface area contributed by atoms with Gasteiger partial charge in [-0.25, -0.2) is 5.43 Å². The van der Waals surface area contributed by atoms with Crippen molar-refractivity contribution in [1.29, 1.82) is 0 Å². The molecule has 6 heteroatoms. The Morgan fingerprint density at radius 2 is 1.87 bits per heavy atom. The van der Waals surface area contributed by atoms with Crippen LogP contribution in [0.25, 0.3) is 10.9 Å². The van der Waals surface area contributed by atoms with Crippen molar-refractivity contribution < 1.29 is 4.79 Å². The number of hydrazone groups is 1. The summed E-state index contributed by atoms with van der Waals surface area (Å²) in [5.41, 5.74) is 7.50. The van der Waals surface area contributed by atoms with Crippen LogP contribution in [0.5, 0.6) is 0 Å². The lowest BCUT2D eigenvalue weighted by Crippen LogP contribution is -2.17. The number of hydrogen-bond acceptors (Lipinski definition) is 2. The van der Waals surface area contributed by atoms with Crippen LogP contribution in [0.2, 0.25) is 5.02 Å². The van der Waals surface area contributed by atoms with E-state index in [1.807, 2.05) is 42.5 Å². The Balaban J connectivity index is 1.62. The summed E-state index contributed by atoms with van der Waals surface area (Å²) in [5, 5.41) is 6.04. The van der Waals surface area contributed by atoms with Gasteiger partial charge >= 0.3 is 0 Å². The average Bonchev–Trinajstić information content (AvgIpc) is 3.00. The third kappa shape index (κ3) is 4.42. The van der Waals surface area contributed by atoms with Crippen LogP contribution in [0, 0.1) is 10.5 Å². The van der Waals surface area contributed by atoms with Gasteiger partial charge < -0.3 is 4.57 Å². The molecule has 0 atom stereocenters. The van der Waals surface area contributed by atoms with Crippen LogP contribution in [0.3, 0.4) is 0 Å². The summed E-state index contributed by atoms with van der Waals surface area (Å²) in [6, 6.07) is 23.4. The van der Waals surface area contributed by atoms with Crippen molar-refractivity contribution in [3.8, 4) is 0 Å². The van der Waals surface area contributed by atoms with E-state index in [0.29, 0.717) is 12.1 Å². The summed E-state index contributed by atoms with van der Waals surface area (Å²) in [4.78, 5) is 12.3. The van der Waals surface area contributed by atoms with E-state index in [9.17, 15) is 4.79 Å². The Bertz CT molecular complexity index is 1250. The first-order chi connectivity index (χ1) is 14.5. The lowest BCUT2D eigenvalue weighted by molar-refractivity contribution is 0.0955. The van der Waals surface area contributed by atoms with Crippen molar-refractivity contribution in [2.45, 2.75) is 13.5 Å². The van der Waals surface area contributed by atoms with Gasteiger partial charge in [0.05, 0.1) is 6.21 Å². The van der Waals surface area contributed by atoms with Crippen LogP contribution in [-0.4, -0.2) is 16.7 Å². The molecule has 1 aromatic heterocycles. The van der Waals surface area contributed by atoms with Crippen molar-refractivity contribution in [3.63, 3.8) is 0 Å². The van der Waals surface area contributed by atoms with Crippen LogP contribution >= 0.6 is 34.2 Å². The second kappa shape index (κ2) is 9.02. The lowest BCUT2D eigenvalue weighted by Gasteiger charge is -2.09. The van der Waals surface area contributed by atoms with Gasteiger partial charge in [0.1, 0.15) is 0 Å². The Kier molecular flexibility index (Phi) is 6.20. The van der Waals surface area contributed by atoms with Crippen LogP contribution in [0.15, 0.2) is 77.9 Å². The molecule has 0 saturated carbocycles. The number of para-hydroxylation sites is 1. The maximum Gasteiger partial charge on any atom is 0.271 e. The molecule has 0 unspecified atom stereocenters. The number of halogens is 2. The predicted octanol–water partition coefficient (Wildman–Crippen LogP) is 6.02. The van der Waals surface area contributed by atoms with Crippen LogP contribution in [-0.2, 0) is 6.54 Å². The zero-order chi connectivity index (χ0) is 21.1. The van der Waals surface area contributed by atoms with Gasteiger partial charge in [0, 0.05) is 42.9 Å². The number of fused-ring (bicyclic) bond motifs is 1. The Labute approximate surface area is 193 Å². The maximum absolute atomic E-state index is 12.3. The van der Waals surface area contributed by atoms with E-state index in [-0.39, 0.29) is 5.91 Å². The third-order valence-electron chi connectivity index (χ3n) is 4.98. The molecule has 4 rings (SSSR count). The zero-order valence-electron chi connectivity index (χ0n) is 16.3.